The van der Waals surface area contributed by atoms with Crippen molar-refractivity contribution in [2.45, 2.75) is 18.9 Å². The Morgan fingerprint density at radius 3 is 3.09 bits per heavy atom. The van der Waals surface area contributed by atoms with Gasteiger partial charge in [-0.3, -0.25) is 9.78 Å². The van der Waals surface area contributed by atoms with Crippen molar-refractivity contribution in [1.29, 1.82) is 0 Å². The van der Waals surface area contributed by atoms with Gasteiger partial charge in [-0.25, -0.2) is 0 Å². The van der Waals surface area contributed by atoms with Gasteiger partial charge in [0.25, 0.3) is 5.56 Å². The normalized spacial score (nSPS) is 22.5. The molecule has 2 aliphatic heterocycles. The van der Waals surface area contributed by atoms with Crippen molar-refractivity contribution in [3.05, 3.63) is 40.4 Å². The molecule has 0 radical (unpaired) electrons. The lowest BCUT2D eigenvalue weighted by molar-refractivity contribution is 0.257. The van der Waals surface area contributed by atoms with E-state index in [9.17, 15) is 4.79 Å². The van der Waals surface area contributed by atoms with Gasteiger partial charge in [0.05, 0.1) is 12.8 Å². The molecule has 0 unspecified atom stereocenters. The molecule has 2 aromatic rings. The first-order valence-electron chi connectivity index (χ1n) is 7.91. The van der Waals surface area contributed by atoms with Crippen molar-refractivity contribution in [2.75, 3.05) is 25.9 Å². The predicted molar refractivity (Wildman–Crippen MR) is 88.6 cm³/mol. The molecule has 0 saturated carbocycles. The van der Waals surface area contributed by atoms with Crippen LogP contribution in [0.2, 0.25) is 0 Å². The largest absolute Gasteiger partial charge is 0.492 e. The number of hydrogen-bond donors (Lipinski definition) is 2. The number of hydrogen-bond acceptors (Lipinski definition) is 5. The molecule has 2 aromatic heterocycles. The number of anilines is 1. The van der Waals surface area contributed by atoms with Gasteiger partial charge in [-0.05, 0) is 31.0 Å². The molecule has 0 amide bonds. The number of pyridine rings is 2. The van der Waals surface area contributed by atoms with Crippen LogP contribution in [0.25, 0.3) is 11.3 Å². The third-order valence-corrected chi connectivity index (χ3v) is 4.87. The Labute approximate surface area is 134 Å². The fourth-order valence-electron chi connectivity index (χ4n) is 3.82. The fourth-order valence-corrected chi connectivity index (χ4v) is 3.82. The molecule has 120 valence electrons. The van der Waals surface area contributed by atoms with Gasteiger partial charge in [0.2, 0.25) is 0 Å². The molecule has 4 heterocycles. The second-order valence-electron chi connectivity index (χ2n) is 6.36. The molecule has 1 fully saturated rings. The van der Waals surface area contributed by atoms with Crippen molar-refractivity contribution in [3.8, 4) is 17.0 Å². The summed E-state index contributed by atoms with van der Waals surface area (Å²) >= 11 is 0. The predicted octanol–water partition coefficient (Wildman–Crippen LogP) is 1.21. The van der Waals surface area contributed by atoms with E-state index in [1.807, 2.05) is 4.57 Å². The number of aromatic nitrogens is 2. The maximum absolute atomic E-state index is 12.6. The highest BCUT2D eigenvalue weighted by Gasteiger charge is 2.31. The minimum Gasteiger partial charge on any atom is -0.492 e. The molecule has 3 N–H and O–H groups in total. The molecule has 6 heteroatoms. The van der Waals surface area contributed by atoms with Crippen molar-refractivity contribution < 1.29 is 4.74 Å². The Kier molecular flexibility index (Phi) is 3.34. The highest BCUT2D eigenvalue weighted by atomic mass is 16.5. The highest BCUT2D eigenvalue weighted by molar-refractivity contribution is 5.73. The van der Waals surface area contributed by atoms with Crippen molar-refractivity contribution in [1.82, 2.24) is 14.9 Å². The third-order valence-electron chi connectivity index (χ3n) is 4.87. The first kappa shape index (κ1) is 14.3. The summed E-state index contributed by atoms with van der Waals surface area (Å²) in [7, 11) is 1.57. The maximum Gasteiger partial charge on any atom is 0.251 e. The third kappa shape index (κ3) is 2.30. The van der Waals surface area contributed by atoms with E-state index in [0.717, 1.165) is 37.3 Å². The van der Waals surface area contributed by atoms with E-state index in [0.29, 0.717) is 29.0 Å². The van der Waals surface area contributed by atoms with Gasteiger partial charge in [0.1, 0.15) is 5.69 Å². The monoisotopic (exact) mass is 312 g/mol. The van der Waals surface area contributed by atoms with Crippen molar-refractivity contribution >= 4 is 5.69 Å². The van der Waals surface area contributed by atoms with Crippen molar-refractivity contribution in [2.24, 2.45) is 5.92 Å². The Morgan fingerprint density at radius 1 is 1.39 bits per heavy atom. The summed E-state index contributed by atoms with van der Waals surface area (Å²) in [6, 6.07) is 5.41. The summed E-state index contributed by atoms with van der Waals surface area (Å²) < 4.78 is 7.31. The summed E-state index contributed by atoms with van der Waals surface area (Å²) in [5, 5.41) is 3.46. The van der Waals surface area contributed by atoms with Crippen molar-refractivity contribution in [3.63, 3.8) is 0 Å². The van der Waals surface area contributed by atoms with Gasteiger partial charge in [0.15, 0.2) is 5.75 Å². The van der Waals surface area contributed by atoms with Crippen LogP contribution in [0.4, 0.5) is 5.69 Å². The molecular formula is C17H20N4O2. The van der Waals surface area contributed by atoms with Crippen LogP contribution in [0.3, 0.4) is 0 Å². The minimum absolute atomic E-state index is 0.0281. The Hall–Kier alpha value is -2.34. The average molecular weight is 312 g/mol. The topological polar surface area (TPSA) is 82.2 Å². The Balaban J connectivity index is 1.88. The molecule has 1 saturated heterocycles. The van der Waals surface area contributed by atoms with E-state index >= 15 is 0 Å². The molecule has 4 rings (SSSR count). The maximum atomic E-state index is 12.6. The molecule has 2 aliphatic rings. The second kappa shape index (κ2) is 5.38. The van der Waals surface area contributed by atoms with Crippen LogP contribution in [-0.2, 0) is 6.54 Å². The lowest BCUT2D eigenvalue weighted by Gasteiger charge is -2.37. The molecule has 23 heavy (non-hydrogen) atoms. The SMILES string of the molecule is COc1c(N)ccnc1-c1cc2n(c(=O)c1)C[C@@H]1CNC[C@H]2C1. The lowest BCUT2D eigenvalue weighted by atomic mass is 9.83. The second-order valence-corrected chi connectivity index (χ2v) is 6.36. The van der Waals surface area contributed by atoms with Gasteiger partial charge in [-0.1, -0.05) is 0 Å². The van der Waals surface area contributed by atoms with Crippen LogP contribution in [0.1, 0.15) is 18.0 Å². The molecule has 2 bridgehead atoms. The number of nitrogens with two attached hydrogens (primary N) is 1. The van der Waals surface area contributed by atoms with Crippen LogP contribution in [0.5, 0.6) is 5.75 Å². The van der Waals surface area contributed by atoms with Crippen LogP contribution >= 0.6 is 0 Å². The fraction of sp³-hybridized carbons (Fsp3) is 0.412. The standard InChI is InChI=1S/C17H20N4O2/c1-23-17-13(18)2-3-20-16(17)11-5-14-12-4-10(7-19-8-12)9-21(14)15(22)6-11/h2-3,5-6,10,12,19H,4,7-9H2,1H3,(H2,18,20)/t10-,12+/m0/s1. The molecular weight excluding hydrogens is 292 g/mol. The van der Waals surface area contributed by atoms with E-state index in [1.165, 1.54) is 0 Å². The zero-order valence-corrected chi connectivity index (χ0v) is 13.1. The molecule has 0 spiro atoms. The molecule has 2 atom stereocenters. The smallest absolute Gasteiger partial charge is 0.251 e. The first-order chi connectivity index (χ1) is 11.2. The zero-order valence-electron chi connectivity index (χ0n) is 13.1. The minimum atomic E-state index is 0.0281. The Bertz CT molecular complexity index is 815. The van der Waals surface area contributed by atoms with Gasteiger partial charge < -0.3 is 20.4 Å². The molecule has 6 nitrogen and oxygen atoms in total. The summed E-state index contributed by atoms with van der Waals surface area (Å²) in [6.45, 7) is 2.70. The van der Waals surface area contributed by atoms with Gasteiger partial charge in [0, 0.05) is 42.5 Å². The van der Waals surface area contributed by atoms with Crippen LogP contribution in [-0.4, -0.2) is 29.8 Å². The zero-order chi connectivity index (χ0) is 16.0. The van der Waals surface area contributed by atoms with E-state index in [-0.39, 0.29) is 5.56 Å². The van der Waals surface area contributed by atoms with Crippen LogP contribution in [0.15, 0.2) is 29.2 Å². The summed E-state index contributed by atoms with van der Waals surface area (Å²) in [5.41, 5.74) is 9.00. The number of nitrogens with zero attached hydrogens (tertiary/aromatic N) is 2. The summed E-state index contributed by atoms with van der Waals surface area (Å²) in [4.78, 5) is 17.0. The number of fused-ring (bicyclic) bond motifs is 4. The van der Waals surface area contributed by atoms with Gasteiger partial charge in [-0.2, -0.15) is 0 Å². The van der Waals surface area contributed by atoms with Crippen LogP contribution < -0.4 is 21.3 Å². The number of piperidine rings is 1. The van der Waals surface area contributed by atoms with E-state index in [1.54, 1.807) is 25.4 Å². The van der Waals surface area contributed by atoms with Crippen LogP contribution in [0, 0.1) is 5.92 Å². The lowest BCUT2D eigenvalue weighted by Crippen LogP contribution is -2.44. The summed E-state index contributed by atoms with van der Waals surface area (Å²) in [6.07, 6.45) is 2.78. The van der Waals surface area contributed by atoms with Gasteiger partial charge >= 0.3 is 0 Å². The number of rotatable bonds is 2. The quantitative estimate of drug-likeness (QED) is 0.871. The number of ether oxygens (including phenoxy) is 1. The number of methoxy groups -OCH3 is 1. The first-order valence-corrected chi connectivity index (χ1v) is 7.91. The van der Waals surface area contributed by atoms with E-state index in [4.69, 9.17) is 10.5 Å². The Morgan fingerprint density at radius 2 is 2.26 bits per heavy atom. The number of nitrogen functional groups attached to an aromatic ring is 1. The average Bonchev–Trinajstić information content (AvgIpc) is 2.56. The number of nitrogens with one attached hydrogen (secondary N) is 1. The summed E-state index contributed by atoms with van der Waals surface area (Å²) in [5.74, 6) is 1.44. The van der Waals surface area contributed by atoms with E-state index < -0.39 is 0 Å². The molecule has 0 aromatic carbocycles. The van der Waals surface area contributed by atoms with E-state index in [2.05, 4.69) is 16.4 Å². The molecule has 0 aliphatic carbocycles. The van der Waals surface area contributed by atoms with Gasteiger partial charge in [-0.15, -0.1) is 0 Å². The highest BCUT2D eigenvalue weighted by Crippen LogP contribution is 2.36.